The van der Waals surface area contributed by atoms with Crippen LogP contribution in [0.25, 0.3) is 21.3 Å². The zero-order valence-electron chi connectivity index (χ0n) is 14.1. The lowest BCUT2D eigenvalue weighted by molar-refractivity contribution is 0.149. The van der Waals surface area contributed by atoms with Crippen LogP contribution in [0, 0.1) is 5.82 Å². The monoisotopic (exact) mass is 357 g/mol. The van der Waals surface area contributed by atoms with Gasteiger partial charge in [0.05, 0.1) is 11.9 Å². The van der Waals surface area contributed by atoms with E-state index in [-0.39, 0.29) is 11.4 Å². The van der Waals surface area contributed by atoms with E-state index in [2.05, 4.69) is 21.8 Å². The highest BCUT2D eigenvalue weighted by molar-refractivity contribution is 7.17. The molecule has 0 radical (unpaired) electrons. The Labute approximate surface area is 149 Å². The molecule has 130 valence electrons. The van der Waals surface area contributed by atoms with Crippen molar-refractivity contribution in [1.82, 2.24) is 14.9 Å². The Morgan fingerprint density at radius 2 is 2.16 bits per heavy atom. The van der Waals surface area contributed by atoms with Crippen LogP contribution in [0.3, 0.4) is 0 Å². The summed E-state index contributed by atoms with van der Waals surface area (Å²) in [5.74, 6) is 0.362. The Balaban J connectivity index is 1.72. The molecule has 1 aliphatic rings. The lowest BCUT2D eigenvalue weighted by atomic mass is 10.0. The molecule has 4 nitrogen and oxygen atoms in total. The van der Waals surface area contributed by atoms with E-state index in [4.69, 9.17) is 0 Å². The number of fused-ring (bicyclic) bond motifs is 1. The molecule has 4 rings (SSSR count). The van der Waals surface area contributed by atoms with Gasteiger partial charge in [-0.25, -0.2) is 9.37 Å². The largest absolute Gasteiger partial charge is 0.309 e. The third-order valence-corrected chi connectivity index (χ3v) is 5.82. The highest BCUT2D eigenvalue weighted by Crippen LogP contribution is 2.32. The van der Waals surface area contributed by atoms with Gasteiger partial charge in [0, 0.05) is 22.5 Å². The van der Waals surface area contributed by atoms with Crippen LogP contribution in [0.2, 0.25) is 0 Å². The summed E-state index contributed by atoms with van der Waals surface area (Å²) in [6.07, 6.45) is 3.63. The topological polar surface area (TPSA) is 49.0 Å². The third-order valence-electron chi connectivity index (χ3n) is 4.95. The number of H-pyrrole nitrogens is 1. The van der Waals surface area contributed by atoms with E-state index in [9.17, 15) is 9.18 Å². The second-order valence-electron chi connectivity index (χ2n) is 6.64. The fraction of sp³-hybridized carbons (Fsp3) is 0.368. The maximum absolute atomic E-state index is 14.1. The number of halogens is 1. The molecule has 0 bridgehead atoms. The lowest BCUT2D eigenvalue weighted by Gasteiger charge is -2.32. The number of nitrogens with one attached hydrogen (secondary N) is 1. The van der Waals surface area contributed by atoms with Crippen molar-refractivity contribution in [2.75, 3.05) is 6.54 Å². The normalized spacial score (nSPS) is 18.7. The van der Waals surface area contributed by atoms with Gasteiger partial charge in [-0.05, 0) is 32.4 Å². The molecule has 6 heteroatoms. The summed E-state index contributed by atoms with van der Waals surface area (Å²) in [6, 6.07) is 7.03. The molecular formula is C19H20FN3OS. The second kappa shape index (κ2) is 6.69. The van der Waals surface area contributed by atoms with Crippen molar-refractivity contribution in [1.29, 1.82) is 0 Å². The number of hydrogen-bond donors (Lipinski definition) is 1. The molecule has 3 heterocycles. The van der Waals surface area contributed by atoms with Crippen molar-refractivity contribution >= 4 is 21.6 Å². The summed E-state index contributed by atoms with van der Waals surface area (Å²) in [7, 11) is 0. The van der Waals surface area contributed by atoms with Crippen LogP contribution in [0.15, 0.2) is 34.4 Å². The van der Waals surface area contributed by atoms with Crippen LogP contribution < -0.4 is 5.56 Å². The number of aromatic nitrogens is 2. The Kier molecular flexibility index (Phi) is 4.39. The standard InChI is InChI=1S/C19H20FN3OS/c1-12-6-4-5-9-23(12)10-16-21-18(24)17-14(11-25-19(17)22-16)13-7-2-3-8-15(13)20/h2-3,7-8,11-12H,4-6,9-10H2,1H3,(H,21,22,24). The molecule has 0 aliphatic carbocycles. The Morgan fingerprint density at radius 3 is 2.96 bits per heavy atom. The summed E-state index contributed by atoms with van der Waals surface area (Å²) in [5, 5.41) is 2.30. The van der Waals surface area contributed by atoms with Crippen molar-refractivity contribution in [3.8, 4) is 11.1 Å². The maximum Gasteiger partial charge on any atom is 0.260 e. The Bertz CT molecular complexity index is 965. The van der Waals surface area contributed by atoms with E-state index in [1.807, 2.05) is 5.38 Å². The first-order valence-corrected chi connectivity index (χ1v) is 9.51. The number of hydrogen-bond acceptors (Lipinski definition) is 4. The van der Waals surface area contributed by atoms with Gasteiger partial charge in [0.25, 0.3) is 5.56 Å². The average Bonchev–Trinajstić information content (AvgIpc) is 3.02. The number of benzene rings is 1. The number of rotatable bonds is 3. The van der Waals surface area contributed by atoms with Crippen molar-refractivity contribution in [2.45, 2.75) is 38.8 Å². The minimum Gasteiger partial charge on any atom is -0.309 e. The molecule has 1 fully saturated rings. The maximum atomic E-state index is 14.1. The SMILES string of the molecule is CC1CCCCN1Cc1nc2scc(-c3ccccc3F)c2c(=O)[nH]1. The summed E-state index contributed by atoms with van der Waals surface area (Å²) in [5.41, 5.74) is 0.868. The van der Waals surface area contributed by atoms with Gasteiger partial charge in [-0.2, -0.15) is 0 Å². The molecule has 2 aromatic heterocycles. The van der Waals surface area contributed by atoms with Gasteiger partial charge in [-0.15, -0.1) is 11.3 Å². The van der Waals surface area contributed by atoms with E-state index in [0.29, 0.717) is 39.8 Å². The first-order chi connectivity index (χ1) is 12.1. The van der Waals surface area contributed by atoms with Gasteiger partial charge >= 0.3 is 0 Å². The molecule has 1 saturated heterocycles. The van der Waals surface area contributed by atoms with Crippen molar-refractivity contribution in [3.63, 3.8) is 0 Å². The predicted octanol–water partition coefficient (Wildman–Crippen LogP) is 4.17. The fourth-order valence-corrected chi connectivity index (χ4v) is 4.49. The van der Waals surface area contributed by atoms with E-state index in [0.717, 1.165) is 6.54 Å². The van der Waals surface area contributed by atoms with Crippen LogP contribution >= 0.6 is 11.3 Å². The highest BCUT2D eigenvalue weighted by Gasteiger charge is 2.20. The fourth-order valence-electron chi connectivity index (χ4n) is 3.53. The smallest absolute Gasteiger partial charge is 0.260 e. The van der Waals surface area contributed by atoms with Crippen LogP contribution in [-0.2, 0) is 6.54 Å². The van der Waals surface area contributed by atoms with Crippen LogP contribution in [0.4, 0.5) is 4.39 Å². The van der Waals surface area contributed by atoms with Crippen molar-refractivity contribution in [2.24, 2.45) is 0 Å². The number of likely N-dealkylation sites (tertiary alicyclic amines) is 1. The Hall–Kier alpha value is -2.05. The number of piperidine rings is 1. The van der Waals surface area contributed by atoms with Crippen molar-refractivity contribution < 1.29 is 4.39 Å². The van der Waals surface area contributed by atoms with Gasteiger partial charge in [0.2, 0.25) is 0 Å². The molecule has 1 aliphatic heterocycles. The lowest BCUT2D eigenvalue weighted by Crippen LogP contribution is -2.37. The van der Waals surface area contributed by atoms with E-state index >= 15 is 0 Å². The molecular weight excluding hydrogens is 337 g/mol. The first-order valence-electron chi connectivity index (χ1n) is 8.63. The zero-order chi connectivity index (χ0) is 17.4. The van der Waals surface area contributed by atoms with Crippen molar-refractivity contribution in [3.05, 3.63) is 51.6 Å². The van der Waals surface area contributed by atoms with Gasteiger partial charge in [0.15, 0.2) is 0 Å². The van der Waals surface area contributed by atoms with Crippen LogP contribution in [0.1, 0.15) is 32.0 Å². The molecule has 0 saturated carbocycles. The molecule has 3 aromatic rings. The van der Waals surface area contributed by atoms with Crippen LogP contribution in [-0.4, -0.2) is 27.5 Å². The zero-order valence-corrected chi connectivity index (χ0v) is 14.9. The van der Waals surface area contributed by atoms with E-state index in [1.54, 1.807) is 18.2 Å². The van der Waals surface area contributed by atoms with Gasteiger partial charge < -0.3 is 4.98 Å². The average molecular weight is 357 g/mol. The summed E-state index contributed by atoms with van der Waals surface area (Å²) in [4.78, 5) is 23.2. The quantitative estimate of drug-likeness (QED) is 0.765. The van der Waals surface area contributed by atoms with Crippen LogP contribution in [0.5, 0.6) is 0 Å². The molecule has 0 amide bonds. The summed E-state index contributed by atoms with van der Waals surface area (Å²) < 4.78 is 14.1. The molecule has 1 atom stereocenters. The molecule has 25 heavy (non-hydrogen) atoms. The second-order valence-corrected chi connectivity index (χ2v) is 7.50. The minimum atomic E-state index is -0.326. The number of thiophene rings is 1. The van der Waals surface area contributed by atoms with Gasteiger partial charge in [-0.3, -0.25) is 9.69 Å². The van der Waals surface area contributed by atoms with Gasteiger partial charge in [0.1, 0.15) is 16.5 Å². The van der Waals surface area contributed by atoms with Gasteiger partial charge in [-0.1, -0.05) is 24.6 Å². The summed E-state index contributed by atoms with van der Waals surface area (Å²) >= 11 is 1.39. The Morgan fingerprint density at radius 1 is 1.32 bits per heavy atom. The minimum absolute atomic E-state index is 0.191. The van der Waals surface area contributed by atoms with E-state index < -0.39 is 0 Å². The van der Waals surface area contributed by atoms with E-state index in [1.165, 1.54) is 36.7 Å². The first kappa shape index (κ1) is 16.4. The highest BCUT2D eigenvalue weighted by atomic mass is 32.1. The molecule has 1 N–H and O–H groups in total. The third kappa shape index (κ3) is 3.12. The number of aromatic amines is 1. The number of nitrogens with zero attached hydrogens (tertiary/aromatic N) is 2. The summed E-state index contributed by atoms with van der Waals surface area (Å²) in [6.45, 7) is 3.91. The predicted molar refractivity (Wildman–Crippen MR) is 99.4 cm³/mol. The molecule has 1 unspecified atom stereocenters. The molecule has 1 aromatic carbocycles. The molecule has 0 spiro atoms.